The van der Waals surface area contributed by atoms with Gasteiger partial charge >= 0.3 is 0 Å². The number of thiazole rings is 1. The summed E-state index contributed by atoms with van der Waals surface area (Å²) < 4.78 is 2.19. The molecule has 0 spiro atoms. The minimum Gasteiger partial charge on any atom is -0.317 e. The molecule has 0 amide bonds. The summed E-state index contributed by atoms with van der Waals surface area (Å²) >= 11 is 7.71. The fourth-order valence-electron chi connectivity index (χ4n) is 2.33. The van der Waals surface area contributed by atoms with Gasteiger partial charge in [0.2, 0.25) is 0 Å². The number of rotatable bonds is 3. The zero-order valence-corrected chi connectivity index (χ0v) is 12.4. The largest absolute Gasteiger partial charge is 0.317 e. The number of alkyl halides is 1. The van der Waals surface area contributed by atoms with Crippen molar-refractivity contribution in [2.24, 2.45) is 0 Å². The van der Waals surface area contributed by atoms with Crippen LogP contribution >= 0.6 is 22.9 Å². The maximum Gasteiger partial charge on any atom is 0.125 e. The highest BCUT2D eigenvalue weighted by atomic mass is 35.5. The summed E-state index contributed by atoms with van der Waals surface area (Å²) in [7, 11) is 0. The third-order valence-electron chi connectivity index (χ3n) is 3.23. The van der Waals surface area contributed by atoms with E-state index in [0.29, 0.717) is 5.88 Å². The number of imidazole rings is 1. The van der Waals surface area contributed by atoms with E-state index >= 15 is 0 Å². The highest BCUT2D eigenvalue weighted by Crippen LogP contribution is 2.28. The van der Waals surface area contributed by atoms with Crippen LogP contribution in [0.15, 0.2) is 29.8 Å². The van der Waals surface area contributed by atoms with Gasteiger partial charge in [-0.2, -0.15) is 0 Å². The van der Waals surface area contributed by atoms with Gasteiger partial charge in [0.25, 0.3) is 0 Å². The van der Waals surface area contributed by atoms with Crippen LogP contribution in [0.3, 0.4) is 0 Å². The number of halogens is 1. The van der Waals surface area contributed by atoms with Crippen LogP contribution < -0.4 is 0 Å². The van der Waals surface area contributed by atoms with Crippen LogP contribution in [-0.2, 0) is 5.88 Å². The second-order valence-corrected chi connectivity index (χ2v) is 5.76. The van der Waals surface area contributed by atoms with E-state index in [1.54, 1.807) is 11.3 Å². The highest BCUT2D eigenvalue weighted by Gasteiger charge is 2.18. The van der Waals surface area contributed by atoms with Crippen molar-refractivity contribution in [3.05, 3.63) is 46.2 Å². The maximum absolute atomic E-state index is 6.05. The zero-order valence-electron chi connectivity index (χ0n) is 10.8. The third-order valence-corrected chi connectivity index (χ3v) is 4.42. The van der Waals surface area contributed by atoms with Crippen molar-refractivity contribution in [1.29, 1.82) is 0 Å². The SMILES string of the molecule is Cc1ccc2nc(CCl)n(C(C)c3nccs3)c2c1. The molecule has 0 saturated heterocycles. The number of hydrogen-bond donors (Lipinski definition) is 0. The van der Waals surface area contributed by atoms with Crippen LogP contribution in [0.2, 0.25) is 0 Å². The molecule has 0 bridgehead atoms. The second-order valence-electron chi connectivity index (χ2n) is 4.57. The first-order valence-corrected chi connectivity index (χ1v) is 7.55. The predicted molar refractivity (Wildman–Crippen MR) is 80.0 cm³/mol. The van der Waals surface area contributed by atoms with Gasteiger partial charge in [-0.25, -0.2) is 9.97 Å². The van der Waals surface area contributed by atoms with Crippen LogP contribution in [0.1, 0.15) is 29.4 Å². The Hall–Kier alpha value is -1.39. The number of fused-ring (bicyclic) bond motifs is 1. The lowest BCUT2D eigenvalue weighted by Crippen LogP contribution is -2.09. The molecule has 0 radical (unpaired) electrons. The first-order valence-electron chi connectivity index (χ1n) is 6.13. The Kier molecular flexibility index (Phi) is 3.29. The van der Waals surface area contributed by atoms with Crippen molar-refractivity contribution in [1.82, 2.24) is 14.5 Å². The molecule has 0 saturated carbocycles. The molecule has 2 heterocycles. The average molecular weight is 292 g/mol. The Balaban J connectivity index is 2.23. The molecule has 0 N–H and O–H groups in total. The van der Waals surface area contributed by atoms with Crippen LogP contribution in [0, 0.1) is 6.92 Å². The number of hydrogen-bond acceptors (Lipinski definition) is 3. The summed E-state index contributed by atoms with van der Waals surface area (Å²) in [5.41, 5.74) is 3.34. The van der Waals surface area contributed by atoms with E-state index in [0.717, 1.165) is 21.9 Å². The van der Waals surface area contributed by atoms with Crippen molar-refractivity contribution in [2.75, 3.05) is 0 Å². The van der Waals surface area contributed by atoms with Gasteiger partial charge < -0.3 is 4.57 Å². The van der Waals surface area contributed by atoms with Crippen molar-refractivity contribution in [3.8, 4) is 0 Å². The Bertz CT molecular complexity index is 703. The lowest BCUT2D eigenvalue weighted by Gasteiger charge is -2.14. The van der Waals surface area contributed by atoms with Gasteiger partial charge in [-0.15, -0.1) is 22.9 Å². The lowest BCUT2D eigenvalue weighted by atomic mass is 10.2. The molecule has 0 aliphatic heterocycles. The standard InChI is InChI=1S/C14H14ClN3S/c1-9-3-4-11-12(7-9)18(13(8-15)17-11)10(2)14-16-5-6-19-14/h3-7,10H,8H2,1-2H3. The summed E-state index contributed by atoms with van der Waals surface area (Å²) in [6.07, 6.45) is 1.83. The fourth-order valence-corrected chi connectivity index (χ4v) is 3.20. The molecule has 1 atom stereocenters. The van der Waals surface area contributed by atoms with Gasteiger partial charge in [0.15, 0.2) is 0 Å². The molecule has 98 valence electrons. The number of aromatic nitrogens is 3. The summed E-state index contributed by atoms with van der Waals surface area (Å²) in [5, 5.41) is 3.07. The quantitative estimate of drug-likeness (QED) is 0.679. The van der Waals surface area contributed by atoms with Crippen LogP contribution in [0.25, 0.3) is 11.0 Å². The topological polar surface area (TPSA) is 30.7 Å². The van der Waals surface area contributed by atoms with E-state index < -0.39 is 0 Å². The van der Waals surface area contributed by atoms with Crippen molar-refractivity contribution < 1.29 is 0 Å². The number of benzene rings is 1. The molecule has 3 aromatic rings. The summed E-state index contributed by atoms with van der Waals surface area (Å²) in [6.45, 7) is 4.23. The second kappa shape index (κ2) is 4.94. The van der Waals surface area contributed by atoms with Crippen LogP contribution in [0.4, 0.5) is 0 Å². The fraction of sp³-hybridized carbons (Fsp3) is 0.286. The minimum absolute atomic E-state index is 0.153. The smallest absolute Gasteiger partial charge is 0.125 e. The first kappa shape index (κ1) is 12.6. The van der Waals surface area contributed by atoms with E-state index in [1.165, 1.54) is 5.56 Å². The van der Waals surface area contributed by atoms with Gasteiger partial charge in [0, 0.05) is 11.6 Å². The van der Waals surface area contributed by atoms with Crippen LogP contribution in [-0.4, -0.2) is 14.5 Å². The predicted octanol–water partition coefficient (Wildman–Crippen LogP) is 4.15. The van der Waals surface area contributed by atoms with Gasteiger partial charge in [0.1, 0.15) is 10.8 Å². The van der Waals surface area contributed by atoms with Crippen LogP contribution in [0.5, 0.6) is 0 Å². The monoisotopic (exact) mass is 291 g/mol. The first-order chi connectivity index (χ1) is 9.20. The van der Waals surface area contributed by atoms with Gasteiger partial charge in [0.05, 0.1) is 23.0 Å². The molecule has 1 aromatic carbocycles. The van der Waals surface area contributed by atoms with Gasteiger partial charge in [-0.1, -0.05) is 6.07 Å². The van der Waals surface area contributed by atoms with Gasteiger partial charge in [-0.3, -0.25) is 0 Å². The van der Waals surface area contributed by atoms with Crippen molar-refractivity contribution in [3.63, 3.8) is 0 Å². The normalized spacial score (nSPS) is 13.0. The van der Waals surface area contributed by atoms with E-state index in [4.69, 9.17) is 11.6 Å². The molecule has 3 rings (SSSR count). The average Bonchev–Trinajstić information content (AvgIpc) is 3.04. The van der Waals surface area contributed by atoms with Crippen molar-refractivity contribution in [2.45, 2.75) is 25.8 Å². The lowest BCUT2D eigenvalue weighted by molar-refractivity contribution is 0.629. The van der Waals surface area contributed by atoms with E-state index in [1.807, 2.05) is 17.6 Å². The summed E-state index contributed by atoms with van der Waals surface area (Å²) in [4.78, 5) is 9.01. The number of nitrogens with zero attached hydrogens (tertiary/aromatic N) is 3. The Morgan fingerprint density at radius 2 is 2.26 bits per heavy atom. The maximum atomic E-state index is 6.05. The molecule has 3 nitrogen and oxygen atoms in total. The molecule has 19 heavy (non-hydrogen) atoms. The summed E-state index contributed by atoms with van der Waals surface area (Å²) in [6, 6.07) is 6.43. The van der Waals surface area contributed by atoms with E-state index in [-0.39, 0.29) is 6.04 Å². The Morgan fingerprint density at radius 3 is 2.95 bits per heavy atom. The molecular weight excluding hydrogens is 278 g/mol. The van der Waals surface area contributed by atoms with E-state index in [9.17, 15) is 0 Å². The Labute approximate surface area is 120 Å². The zero-order chi connectivity index (χ0) is 13.4. The molecule has 0 fully saturated rings. The minimum atomic E-state index is 0.153. The van der Waals surface area contributed by atoms with E-state index in [2.05, 4.69) is 40.5 Å². The van der Waals surface area contributed by atoms with Gasteiger partial charge in [-0.05, 0) is 31.5 Å². The molecule has 1 unspecified atom stereocenters. The molecule has 5 heteroatoms. The molecule has 0 aliphatic rings. The highest BCUT2D eigenvalue weighted by molar-refractivity contribution is 7.09. The third kappa shape index (κ3) is 2.15. The molecule has 2 aromatic heterocycles. The Morgan fingerprint density at radius 1 is 1.42 bits per heavy atom. The molecule has 0 aliphatic carbocycles. The molecular formula is C14H14ClN3S. The number of aryl methyl sites for hydroxylation is 1. The van der Waals surface area contributed by atoms with Crippen molar-refractivity contribution >= 4 is 34.0 Å². The summed E-state index contributed by atoms with van der Waals surface area (Å²) in [5.74, 6) is 1.30.